The molecule has 1 aliphatic carbocycles. The number of aliphatic hydroxyl groups is 1. The smallest absolute Gasteiger partial charge is 0.233 e. The minimum absolute atomic E-state index is 0.0659. The van der Waals surface area contributed by atoms with Gasteiger partial charge in [0.15, 0.2) is 0 Å². The van der Waals surface area contributed by atoms with Gasteiger partial charge in [-0.3, -0.25) is 14.5 Å². The molecule has 0 aromatic heterocycles. The molecule has 1 heterocycles. The maximum atomic E-state index is 12.3. The molecule has 2 rings (SSSR count). The standard InChI is InChI=1S/C16H28N2O3/c1-4-11-5-13-14(6-11)16(21)18(15(13)20)9-12(19)8-17-7-10(2)3/h10-14,17,19H,4-9H2,1-3H3. The van der Waals surface area contributed by atoms with Crippen LogP contribution in [0.15, 0.2) is 0 Å². The molecule has 21 heavy (non-hydrogen) atoms. The SMILES string of the molecule is CCC1CC2C(=O)N(CC(O)CNCC(C)C)C(=O)C2C1. The number of likely N-dealkylation sites (tertiary alicyclic amines) is 1. The molecule has 1 aliphatic heterocycles. The summed E-state index contributed by atoms with van der Waals surface area (Å²) in [6.07, 6.45) is 2.03. The first-order valence-electron chi connectivity index (χ1n) is 8.18. The normalized spacial score (nSPS) is 30.3. The third kappa shape index (κ3) is 3.64. The second kappa shape index (κ2) is 6.88. The number of hydrogen-bond acceptors (Lipinski definition) is 4. The van der Waals surface area contributed by atoms with Gasteiger partial charge in [-0.2, -0.15) is 0 Å². The molecule has 5 nitrogen and oxygen atoms in total. The fourth-order valence-corrected chi connectivity index (χ4v) is 3.52. The van der Waals surface area contributed by atoms with Crippen molar-refractivity contribution in [3.63, 3.8) is 0 Å². The van der Waals surface area contributed by atoms with E-state index >= 15 is 0 Å². The molecule has 0 aromatic carbocycles. The van der Waals surface area contributed by atoms with Crippen molar-refractivity contribution in [3.05, 3.63) is 0 Å². The maximum Gasteiger partial charge on any atom is 0.233 e. The summed E-state index contributed by atoms with van der Waals surface area (Å²) < 4.78 is 0. The second-order valence-electron chi connectivity index (χ2n) is 6.95. The molecule has 0 bridgehead atoms. The molecule has 120 valence electrons. The summed E-state index contributed by atoms with van der Waals surface area (Å²) in [5.74, 6) is 0.634. The van der Waals surface area contributed by atoms with E-state index < -0.39 is 6.10 Å². The van der Waals surface area contributed by atoms with E-state index in [2.05, 4.69) is 26.1 Å². The average molecular weight is 296 g/mol. The van der Waals surface area contributed by atoms with Gasteiger partial charge in [0.2, 0.25) is 11.8 Å². The first-order chi connectivity index (χ1) is 9.93. The molecule has 2 aliphatic rings. The summed E-state index contributed by atoms with van der Waals surface area (Å²) in [5, 5.41) is 13.2. The molecule has 0 aromatic rings. The van der Waals surface area contributed by atoms with Crippen molar-refractivity contribution in [2.75, 3.05) is 19.6 Å². The van der Waals surface area contributed by atoms with Crippen molar-refractivity contribution in [1.29, 1.82) is 0 Å². The average Bonchev–Trinajstić information content (AvgIpc) is 2.94. The van der Waals surface area contributed by atoms with Crippen molar-refractivity contribution >= 4 is 11.8 Å². The Morgan fingerprint density at radius 1 is 1.19 bits per heavy atom. The Bertz CT molecular complexity index is 373. The van der Waals surface area contributed by atoms with Crippen LogP contribution in [0.4, 0.5) is 0 Å². The maximum absolute atomic E-state index is 12.3. The number of hydrogen-bond donors (Lipinski definition) is 2. The molecule has 0 radical (unpaired) electrons. The van der Waals surface area contributed by atoms with E-state index in [9.17, 15) is 14.7 Å². The molecule has 3 atom stereocenters. The number of rotatable bonds is 7. The lowest BCUT2D eigenvalue weighted by atomic mass is 10.00. The lowest BCUT2D eigenvalue weighted by Crippen LogP contribution is -2.42. The minimum atomic E-state index is -0.683. The van der Waals surface area contributed by atoms with Crippen LogP contribution < -0.4 is 5.32 Å². The van der Waals surface area contributed by atoms with Gasteiger partial charge in [-0.1, -0.05) is 27.2 Å². The zero-order chi connectivity index (χ0) is 15.6. The molecule has 3 unspecified atom stereocenters. The predicted octanol–water partition coefficient (Wildman–Crippen LogP) is 1.01. The molecule has 2 fully saturated rings. The molecule has 5 heteroatoms. The highest BCUT2D eigenvalue weighted by Crippen LogP contribution is 2.44. The van der Waals surface area contributed by atoms with E-state index in [1.54, 1.807) is 0 Å². The van der Waals surface area contributed by atoms with E-state index in [0.717, 1.165) is 25.8 Å². The third-order valence-corrected chi connectivity index (χ3v) is 4.73. The molecule has 1 saturated carbocycles. The molecule has 2 N–H and O–H groups in total. The first-order valence-corrected chi connectivity index (χ1v) is 8.18. The van der Waals surface area contributed by atoms with Crippen molar-refractivity contribution in [1.82, 2.24) is 10.2 Å². The van der Waals surface area contributed by atoms with Gasteiger partial charge < -0.3 is 10.4 Å². The first kappa shape index (κ1) is 16.4. The van der Waals surface area contributed by atoms with Crippen molar-refractivity contribution in [3.8, 4) is 0 Å². The van der Waals surface area contributed by atoms with Gasteiger partial charge in [-0.25, -0.2) is 0 Å². The van der Waals surface area contributed by atoms with Crippen molar-refractivity contribution in [2.45, 2.75) is 46.1 Å². The van der Waals surface area contributed by atoms with Crippen LogP contribution in [0.2, 0.25) is 0 Å². The van der Waals surface area contributed by atoms with Gasteiger partial charge in [0.1, 0.15) is 0 Å². The lowest BCUT2D eigenvalue weighted by molar-refractivity contribution is -0.142. The number of carbonyl (C=O) groups is 2. The monoisotopic (exact) mass is 296 g/mol. The number of fused-ring (bicyclic) bond motifs is 1. The Balaban J connectivity index is 1.85. The van der Waals surface area contributed by atoms with E-state index in [4.69, 9.17) is 0 Å². The van der Waals surface area contributed by atoms with E-state index in [1.807, 2.05) is 0 Å². The van der Waals surface area contributed by atoms with Crippen LogP contribution >= 0.6 is 0 Å². The zero-order valence-electron chi connectivity index (χ0n) is 13.3. The second-order valence-corrected chi connectivity index (χ2v) is 6.95. The summed E-state index contributed by atoms with van der Waals surface area (Å²) in [5.41, 5.74) is 0. The summed E-state index contributed by atoms with van der Waals surface area (Å²) in [6.45, 7) is 7.68. The summed E-state index contributed by atoms with van der Waals surface area (Å²) in [6, 6.07) is 0. The van der Waals surface area contributed by atoms with Gasteiger partial charge in [0, 0.05) is 6.54 Å². The zero-order valence-corrected chi connectivity index (χ0v) is 13.3. The third-order valence-electron chi connectivity index (χ3n) is 4.73. The van der Waals surface area contributed by atoms with Crippen LogP contribution in [0.5, 0.6) is 0 Å². The number of β-amino-alcohol motifs (C(OH)–C–C–N with tert-alkyl or cyclic N) is 1. The highest BCUT2D eigenvalue weighted by Gasteiger charge is 2.52. The molecular weight excluding hydrogens is 268 g/mol. The number of amides is 2. The van der Waals surface area contributed by atoms with Crippen LogP contribution in [0.25, 0.3) is 0 Å². The van der Waals surface area contributed by atoms with Gasteiger partial charge in [-0.05, 0) is 31.2 Å². The molecule has 0 spiro atoms. The molecule has 1 saturated heterocycles. The Morgan fingerprint density at radius 3 is 2.24 bits per heavy atom. The lowest BCUT2D eigenvalue weighted by Gasteiger charge is -2.21. The summed E-state index contributed by atoms with van der Waals surface area (Å²) in [7, 11) is 0. The summed E-state index contributed by atoms with van der Waals surface area (Å²) >= 11 is 0. The molecule has 2 amide bonds. The molecular formula is C16H28N2O3. The Hall–Kier alpha value is -0.940. The van der Waals surface area contributed by atoms with Crippen LogP contribution in [0, 0.1) is 23.7 Å². The van der Waals surface area contributed by atoms with E-state index in [1.165, 1.54) is 4.90 Å². The number of imide groups is 1. The Labute approximate surface area is 127 Å². The highest BCUT2D eigenvalue weighted by atomic mass is 16.3. The topological polar surface area (TPSA) is 69.6 Å². The van der Waals surface area contributed by atoms with Crippen LogP contribution in [0.1, 0.15) is 40.0 Å². The van der Waals surface area contributed by atoms with Crippen LogP contribution in [-0.4, -0.2) is 47.6 Å². The largest absolute Gasteiger partial charge is 0.390 e. The summed E-state index contributed by atoms with van der Waals surface area (Å²) in [4.78, 5) is 26.0. The van der Waals surface area contributed by atoms with Crippen LogP contribution in [-0.2, 0) is 9.59 Å². The van der Waals surface area contributed by atoms with E-state index in [0.29, 0.717) is 18.4 Å². The minimum Gasteiger partial charge on any atom is -0.390 e. The Kier molecular flexibility index (Phi) is 5.38. The van der Waals surface area contributed by atoms with Crippen LogP contribution in [0.3, 0.4) is 0 Å². The van der Waals surface area contributed by atoms with Gasteiger partial charge >= 0.3 is 0 Å². The van der Waals surface area contributed by atoms with Gasteiger partial charge in [0.25, 0.3) is 0 Å². The fraction of sp³-hybridized carbons (Fsp3) is 0.875. The van der Waals surface area contributed by atoms with Gasteiger partial charge in [-0.15, -0.1) is 0 Å². The van der Waals surface area contributed by atoms with Gasteiger partial charge in [0.05, 0.1) is 24.5 Å². The quantitative estimate of drug-likeness (QED) is 0.688. The number of carbonyl (C=O) groups excluding carboxylic acids is 2. The highest BCUT2D eigenvalue weighted by molar-refractivity contribution is 6.05. The Morgan fingerprint density at radius 2 is 1.76 bits per heavy atom. The fourth-order valence-electron chi connectivity index (χ4n) is 3.52. The van der Waals surface area contributed by atoms with E-state index in [-0.39, 0.29) is 30.2 Å². The van der Waals surface area contributed by atoms with Crippen molar-refractivity contribution < 1.29 is 14.7 Å². The van der Waals surface area contributed by atoms with Crippen molar-refractivity contribution in [2.24, 2.45) is 23.7 Å². The predicted molar refractivity (Wildman–Crippen MR) is 80.4 cm³/mol. The number of nitrogens with zero attached hydrogens (tertiary/aromatic N) is 1. The number of nitrogens with one attached hydrogen (secondary N) is 1. The number of aliphatic hydroxyl groups excluding tert-OH is 1.